The second kappa shape index (κ2) is 7.82. The van der Waals surface area contributed by atoms with Crippen molar-refractivity contribution in [2.24, 2.45) is 0 Å². The molecule has 27 heavy (non-hydrogen) atoms. The first-order chi connectivity index (χ1) is 13.3. The zero-order chi connectivity index (χ0) is 18.5. The molecule has 1 fully saturated rings. The number of carbonyl (C=O) groups is 1. The van der Waals surface area contributed by atoms with Crippen LogP contribution < -0.4 is 4.90 Å². The van der Waals surface area contributed by atoms with E-state index in [-0.39, 0.29) is 5.91 Å². The third-order valence-corrected chi connectivity index (χ3v) is 4.48. The van der Waals surface area contributed by atoms with Gasteiger partial charge in [0.05, 0.1) is 12.0 Å². The highest BCUT2D eigenvalue weighted by atomic mass is 16.3. The van der Waals surface area contributed by atoms with E-state index < -0.39 is 0 Å². The van der Waals surface area contributed by atoms with Gasteiger partial charge in [0.2, 0.25) is 5.91 Å². The van der Waals surface area contributed by atoms with Gasteiger partial charge < -0.3 is 14.2 Å². The van der Waals surface area contributed by atoms with E-state index in [4.69, 9.17) is 4.42 Å². The number of rotatable bonds is 4. The van der Waals surface area contributed by atoms with Crippen molar-refractivity contribution in [3.63, 3.8) is 0 Å². The lowest BCUT2D eigenvalue weighted by Gasteiger charge is -2.34. The number of carbonyl (C=O) groups excluding carboxylic acids is 1. The molecule has 1 saturated heterocycles. The number of hydrogen-bond donors (Lipinski definition) is 0. The van der Waals surface area contributed by atoms with Crippen LogP contribution in [0.5, 0.6) is 0 Å². The van der Waals surface area contributed by atoms with Crippen LogP contribution in [-0.2, 0) is 4.79 Å². The van der Waals surface area contributed by atoms with Crippen LogP contribution in [-0.4, -0.2) is 52.2 Å². The minimum absolute atomic E-state index is 0.00910. The predicted octanol–water partition coefficient (Wildman–Crippen LogP) is 2.49. The van der Waals surface area contributed by atoms with E-state index in [1.54, 1.807) is 36.9 Å². The number of aromatic nitrogens is 3. The Labute approximate surface area is 157 Å². The molecule has 0 bridgehead atoms. The van der Waals surface area contributed by atoms with Crippen LogP contribution in [0.25, 0.3) is 17.3 Å². The zero-order valence-electron chi connectivity index (χ0n) is 14.7. The first kappa shape index (κ1) is 17.0. The molecule has 3 aromatic heterocycles. The van der Waals surface area contributed by atoms with E-state index in [0.717, 1.165) is 30.2 Å². The molecule has 4 heterocycles. The predicted molar refractivity (Wildman–Crippen MR) is 102 cm³/mol. The summed E-state index contributed by atoms with van der Waals surface area (Å²) < 4.78 is 5.20. The van der Waals surface area contributed by atoms with E-state index >= 15 is 0 Å². The fraction of sp³-hybridized carbons (Fsp3) is 0.200. The maximum absolute atomic E-state index is 12.3. The summed E-state index contributed by atoms with van der Waals surface area (Å²) in [5, 5.41) is 8.66. The Bertz CT molecular complexity index is 899. The normalized spacial score (nSPS) is 14.7. The van der Waals surface area contributed by atoms with Crippen molar-refractivity contribution >= 4 is 17.8 Å². The average molecular weight is 361 g/mol. The Hall–Kier alpha value is -3.48. The standard InChI is InChI=1S/C20H19N5O2/c26-20(6-3-17-2-1-15-27-17)25-13-11-24(12-14-25)19-5-4-18(22-23-19)16-7-9-21-10-8-16/h1-10,15H,11-14H2/b6-3+. The van der Waals surface area contributed by atoms with Gasteiger partial charge in [-0.25, -0.2) is 0 Å². The van der Waals surface area contributed by atoms with Crippen LogP contribution >= 0.6 is 0 Å². The lowest BCUT2D eigenvalue weighted by molar-refractivity contribution is -0.126. The minimum atomic E-state index is -0.00910. The number of piperazine rings is 1. The first-order valence-electron chi connectivity index (χ1n) is 8.79. The molecular weight excluding hydrogens is 342 g/mol. The Morgan fingerprint density at radius 3 is 2.48 bits per heavy atom. The summed E-state index contributed by atoms with van der Waals surface area (Å²) in [6.45, 7) is 2.75. The molecule has 0 atom stereocenters. The van der Waals surface area contributed by atoms with Crippen molar-refractivity contribution in [3.8, 4) is 11.3 Å². The molecule has 0 radical (unpaired) electrons. The number of pyridine rings is 1. The number of furan rings is 1. The Kier molecular flexibility index (Phi) is 4.91. The quantitative estimate of drug-likeness (QED) is 0.665. The van der Waals surface area contributed by atoms with Gasteiger partial charge in [-0.1, -0.05) is 0 Å². The van der Waals surface area contributed by atoms with Gasteiger partial charge in [0.1, 0.15) is 5.76 Å². The second-order valence-electron chi connectivity index (χ2n) is 6.17. The monoisotopic (exact) mass is 361 g/mol. The van der Waals surface area contributed by atoms with Gasteiger partial charge in [0.25, 0.3) is 0 Å². The average Bonchev–Trinajstić information content (AvgIpc) is 3.27. The van der Waals surface area contributed by atoms with E-state index in [2.05, 4.69) is 20.1 Å². The molecule has 0 aliphatic carbocycles. The Morgan fingerprint density at radius 1 is 1.00 bits per heavy atom. The molecule has 136 valence electrons. The van der Waals surface area contributed by atoms with Gasteiger partial charge in [-0.05, 0) is 42.5 Å². The van der Waals surface area contributed by atoms with E-state index in [1.807, 2.05) is 35.2 Å². The molecule has 0 unspecified atom stereocenters. The van der Waals surface area contributed by atoms with Crippen LogP contribution in [0.15, 0.2) is 65.5 Å². The van der Waals surface area contributed by atoms with E-state index in [9.17, 15) is 4.79 Å². The highest BCUT2D eigenvalue weighted by molar-refractivity contribution is 5.91. The van der Waals surface area contributed by atoms with Crippen LogP contribution in [0.2, 0.25) is 0 Å². The van der Waals surface area contributed by atoms with E-state index in [0.29, 0.717) is 18.8 Å². The largest absolute Gasteiger partial charge is 0.465 e. The van der Waals surface area contributed by atoms with E-state index in [1.165, 1.54) is 0 Å². The second-order valence-corrected chi connectivity index (χ2v) is 6.17. The van der Waals surface area contributed by atoms with Crippen molar-refractivity contribution in [2.75, 3.05) is 31.1 Å². The van der Waals surface area contributed by atoms with Crippen LogP contribution in [0.3, 0.4) is 0 Å². The summed E-state index contributed by atoms with van der Waals surface area (Å²) in [7, 11) is 0. The Morgan fingerprint density at radius 2 is 1.81 bits per heavy atom. The van der Waals surface area contributed by atoms with Crippen molar-refractivity contribution in [1.82, 2.24) is 20.1 Å². The van der Waals surface area contributed by atoms with Crippen molar-refractivity contribution in [3.05, 3.63) is 66.9 Å². The molecule has 1 amide bonds. The fourth-order valence-corrected chi connectivity index (χ4v) is 2.97. The molecular formula is C20H19N5O2. The van der Waals surface area contributed by atoms with Gasteiger partial charge in [-0.15, -0.1) is 10.2 Å². The third-order valence-electron chi connectivity index (χ3n) is 4.48. The smallest absolute Gasteiger partial charge is 0.246 e. The molecule has 0 aromatic carbocycles. The van der Waals surface area contributed by atoms with Crippen molar-refractivity contribution in [2.45, 2.75) is 0 Å². The van der Waals surface area contributed by atoms with Crippen molar-refractivity contribution < 1.29 is 9.21 Å². The van der Waals surface area contributed by atoms with Crippen molar-refractivity contribution in [1.29, 1.82) is 0 Å². The summed E-state index contributed by atoms with van der Waals surface area (Å²) in [6, 6.07) is 11.4. The fourth-order valence-electron chi connectivity index (χ4n) is 2.97. The lowest BCUT2D eigenvalue weighted by Crippen LogP contribution is -2.48. The summed E-state index contributed by atoms with van der Waals surface area (Å²) >= 11 is 0. The van der Waals surface area contributed by atoms with Gasteiger partial charge in [0, 0.05) is 50.2 Å². The van der Waals surface area contributed by atoms with Gasteiger partial charge >= 0.3 is 0 Å². The molecule has 3 aromatic rings. The zero-order valence-corrected chi connectivity index (χ0v) is 14.7. The van der Waals surface area contributed by atoms with Gasteiger partial charge in [0.15, 0.2) is 5.82 Å². The highest BCUT2D eigenvalue weighted by Gasteiger charge is 2.20. The molecule has 0 N–H and O–H groups in total. The van der Waals surface area contributed by atoms with Crippen LogP contribution in [0, 0.1) is 0 Å². The number of nitrogens with zero attached hydrogens (tertiary/aromatic N) is 5. The topological polar surface area (TPSA) is 75.4 Å². The van der Waals surface area contributed by atoms with Gasteiger partial charge in [-0.3, -0.25) is 9.78 Å². The molecule has 1 aliphatic heterocycles. The summed E-state index contributed by atoms with van der Waals surface area (Å²) in [5.41, 5.74) is 1.81. The molecule has 1 aliphatic rings. The number of anilines is 1. The van der Waals surface area contributed by atoms with Crippen LogP contribution in [0.4, 0.5) is 5.82 Å². The van der Waals surface area contributed by atoms with Gasteiger partial charge in [-0.2, -0.15) is 0 Å². The SMILES string of the molecule is O=C(/C=C/c1ccco1)N1CCN(c2ccc(-c3ccncc3)nn2)CC1. The minimum Gasteiger partial charge on any atom is -0.465 e. The summed E-state index contributed by atoms with van der Waals surface area (Å²) in [6.07, 6.45) is 8.31. The molecule has 0 spiro atoms. The number of amides is 1. The summed E-state index contributed by atoms with van der Waals surface area (Å²) in [5.74, 6) is 1.49. The molecule has 7 nitrogen and oxygen atoms in total. The summed E-state index contributed by atoms with van der Waals surface area (Å²) in [4.78, 5) is 20.3. The first-order valence-corrected chi connectivity index (χ1v) is 8.79. The third kappa shape index (κ3) is 4.03. The highest BCUT2D eigenvalue weighted by Crippen LogP contribution is 2.18. The maximum atomic E-state index is 12.3. The maximum Gasteiger partial charge on any atom is 0.246 e. The Balaban J connectivity index is 1.34. The molecule has 0 saturated carbocycles. The lowest BCUT2D eigenvalue weighted by atomic mass is 10.2. The number of hydrogen-bond acceptors (Lipinski definition) is 6. The molecule has 4 rings (SSSR count). The van der Waals surface area contributed by atoms with Crippen LogP contribution in [0.1, 0.15) is 5.76 Å². The molecule has 7 heteroatoms.